The molecule has 5 nitrogen and oxygen atoms in total. The Bertz CT molecular complexity index is 910. The van der Waals surface area contributed by atoms with E-state index in [0.29, 0.717) is 26.4 Å². The molecule has 0 heterocycles. The van der Waals surface area contributed by atoms with Crippen molar-refractivity contribution in [1.82, 2.24) is 10.2 Å². The van der Waals surface area contributed by atoms with Crippen molar-refractivity contribution in [3.05, 3.63) is 63.1 Å². The van der Waals surface area contributed by atoms with Gasteiger partial charge in [0.05, 0.1) is 0 Å². The molecule has 0 saturated heterocycles. The fraction of sp³-hybridized carbons (Fsp3) is 0.417. The van der Waals surface area contributed by atoms with Crippen LogP contribution in [0.25, 0.3) is 0 Å². The topological polar surface area (TPSA) is 58.6 Å². The highest BCUT2D eigenvalue weighted by Gasteiger charge is 2.29. The van der Waals surface area contributed by atoms with Gasteiger partial charge in [-0.25, -0.2) is 0 Å². The minimum absolute atomic E-state index is 0.0978. The highest BCUT2D eigenvalue weighted by molar-refractivity contribution is 6.36. The number of hydrogen-bond donors (Lipinski definition) is 1. The third kappa shape index (κ3) is 6.77. The Morgan fingerprint density at radius 2 is 1.66 bits per heavy atom. The maximum absolute atomic E-state index is 13.2. The van der Waals surface area contributed by atoms with Gasteiger partial charge in [-0.1, -0.05) is 60.1 Å². The zero-order valence-corrected chi connectivity index (χ0v) is 20.2. The molecule has 0 spiro atoms. The first kappa shape index (κ1) is 24.7. The normalized spacial score (nSPS) is 15.1. The van der Waals surface area contributed by atoms with Crippen LogP contribution in [0, 0.1) is 0 Å². The first-order valence-corrected chi connectivity index (χ1v) is 11.9. The van der Waals surface area contributed by atoms with Crippen molar-refractivity contribution >= 4 is 46.6 Å². The van der Waals surface area contributed by atoms with Gasteiger partial charge < -0.3 is 15.0 Å². The van der Waals surface area contributed by atoms with Gasteiger partial charge in [-0.2, -0.15) is 0 Å². The zero-order chi connectivity index (χ0) is 23.1. The molecule has 0 aliphatic heterocycles. The molecular weight excluding hydrogens is 471 g/mol. The number of amides is 2. The van der Waals surface area contributed by atoms with Crippen molar-refractivity contribution in [2.45, 2.75) is 57.7 Å². The molecule has 3 rings (SSSR count). The number of benzene rings is 2. The lowest BCUT2D eigenvalue weighted by Gasteiger charge is -2.31. The number of rotatable bonds is 8. The van der Waals surface area contributed by atoms with Gasteiger partial charge in [-0.15, -0.1) is 0 Å². The second-order valence-corrected chi connectivity index (χ2v) is 9.23. The van der Waals surface area contributed by atoms with Crippen LogP contribution in [-0.4, -0.2) is 35.4 Å². The van der Waals surface area contributed by atoms with E-state index in [4.69, 9.17) is 39.5 Å². The molecule has 1 saturated carbocycles. The van der Waals surface area contributed by atoms with Crippen molar-refractivity contribution in [3.63, 3.8) is 0 Å². The van der Waals surface area contributed by atoms with E-state index in [2.05, 4.69) is 5.32 Å². The summed E-state index contributed by atoms with van der Waals surface area (Å²) < 4.78 is 5.63. The maximum Gasteiger partial charge on any atom is 0.261 e. The number of ether oxygens (including phenoxy) is 1. The van der Waals surface area contributed by atoms with Crippen LogP contribution in [0.4, 0.5) is 0 Å². The summed E-state index contributed by atoms with van der Waals surface area (Å²) in [4.78, 5) is 27.6. The second-order valence-electron chi connectivity index (χ2n) is 7.98. The monoisotopic (exact) mass is 496 g/mol. The molecule has 1 fully saturated rings. The van der Waals surface area contributed by atoms with Crippen LogP contribution in [0.15, 0.2) is 42.5 Å². The van der Waals surface area contributed by atoms with Crippen molar-refractivity contribution in [2.24, 2.45) is 0 Å². The molecule has 8 heteroatoms. The minimum atomic E-state index is -0.717. The van der Waals surface area contributed by atoms with Crippen molar-refractivity contribution in [2.75, 3.05) is 6.61 Å². The van der Waals surface area contributed by atoms with Crippen LogP contribution < -0.4 is 10.1 Å². The molecule has 172 valence electrons. The van der Waals surface area contributed by atoms with E-state index in [1.807, 2.05) is 0 Å². The van der Waals surface area contributed by atoms with Crippen molar-refractivity contribution in [1.29, 1.82) is 0 Å². The predicted octanol–water partition coefficient (Wildman–Crippen LogP) is 5.89. The molecule has 1 N–H and O–H groups in total. The first-order chi connectivity index (χ1) is 15.3. The summed E-state index contributed by atoms with van der Waals surface area (Å²) in [5.74, 6) is -0.0278. The van der Waals surface area contributed by atoms with Crippen LogP contribution in [0.2, 0.25) is 15.1 Å². The minimum Gasteiger partial charge on any atom is -0.484 e. The second kappa shape index (κ2) is 11.8. The molecule has 1 atom stereocenters. The molecule has 0 aromatic heterocycles. The number of hydrogen-bond acceptors (Lipinski definition) is 3. The predicted molar refractivity (Wildman–Crippen MR) is 128 cm³/mol. The quantitative estimate of drug-likeness (QED) is 0.494. The summed E-state index contributed by atoms with van der Waals surface area (Å²) in [5.41, 5.74) is 0.591. The average Bonchev–Trinajstić information content (AvgIpc) is 2.78. The van der Waals surface area contributed by atoms with E-state index in [0.717, 1.165) is 25.7 Å². The fourth-order valence-electron chi connectivity index (χ4n) is 3.76. The van der Waals surface area contributed by atoms with Gasteiger partial charge in [0.1, 0.15) is 11.8 Å². The summed E-state index contributed by atoms with van der Waals surface area (Å²) in [6.45, 7) is 1.58. The lowest BCUT2D eigenvalue weighted by atomic mass is 9.95. The highest BCUT2D eigenvalue weighted by atomic mass is 35.5. The van der Waals surface area contributed by atoms with E-state index in [1.54, 1.807) is 49.4 Å². The molecule has 32 heavy (non-hydrogen) atoms. The van der Waals surface area contributed by atoms with Crippen LogP contribution in [-0.2, 0) is 16.1 Å². The van der Waals surface area contributed by atoms with E-state index in [9.17, 15) is 9.59 Å². The van der Waals surface area contributed by atoms with Gasteiger partial charge in [0, 0.05) is 33.2 Å². The standard InChI is InChI=1S/C24H27Cl3N2O3/c1-16(24(31)28-18-6-3-2-4-7-18)29(14-20-21(26)8-5-9-22(20)27)23(30)15-32-19-12-10-17(25)11-13-19/h5,8-13,16,18H,2-4,6-7,14-15H2,1H3,(H,28,31)/t16-/m0/s1. The number of carbonyl (C=O) groups is 2. The SMILES string of the molecule is C[C@@H](C(=O)NC1CCCCC1)N(Cc1c(Cl)cccc1Cl)C(=O)COc1ccc(Cl)cc1. The molecule has 2 aromatic carbocycles. The molecule has 1 aliphatic carbocycles. The number of carbonyl (C=O) groups excluding carboxylic acids is 2. The Balaban J connectivity index is 1.75. The van der Waals surface area contributed by atoms with Crippen molar-refractivity contribution < 1.29 is 14.3 Å². The molecule has 0 radical (unpaired) electrons. The van der Waals surface area contributed by atoms with Gasteiger partial charge >= 0.3 is 0 Å². The molecular formula is C24H27Cl3N2O3. The summed E-state index contributed by atoms with van der Waals surface area (Å²) >= 11 is 18.6. The van der Waals surface area contributed by atoms with Gasteiger partial charge in [0.15, 0.2) is 6.61 Å². The van der Waals surface area contributed by atoms with E-state index in [-0.39, 0.29) is 31.0 Å². The summed E-state index contributed by atoms with van der Waals surface area (Å²) in [6.07, 6.45) is 5.32. The Morgan fingerprint density at radius 3 is 2.28 bits per heavy atom. The average molecular weight is 498 g/mol. The van der Waals surface area contributed by atoms with Crippen LogP contribution >= 0.6 is 34.8 Å². The van der Waals surface area contributed by atoms with Crippen LogP contribution in [0.1, 0.15) is 44.6 Å². The molecule has 0 unspecified atom stereocenters. The van der Waals surface area contributed by atoms with Crippen LogP contribution in [0.3, 0.4) is 0 Å². The number of nitrogens with one attached hydrogen (secondary N) is 1. The fourth-order valence-corrected chi connectivity index (χ4v) is 4.41. The lowest BCUT2D eigenvalue weighted by molar-refractivity contribution is -0.142. The summed E-state index contributed by atoms with van der Waals surface area (Å²) in [6, 6.07) is 11.3. The Morgan fingerprint density at radius 1 is 1.03 bits per heavy atom. The Hall–Kier alpha value is -1.95. The largest absolute Gasteiger partial charge is 0.484 e. The van der Waals surface area contributed by atoms with E-state index < -0.39 is 6.04 Å². The highest BCUT2D eigenvalue weighted by Crippen LogP contribution is 2.27. The van der Waals surface area contributed by atoms with Gasteiger partial charge in [-0.05, 0) is 56.2 Å². The van der Waals surface area contributed by atoms with E-state index >= 15 is 0 Å². The van der Waals surface area contributed by atoms with Crippen molar-refractivity contribution in [3.8, 4) is 5.75 Å². The van der Waals surface area contributed by atoms with Gasteiger partial charge in [-0.3, -0.25) is 9.59 Å². The van der Waals surface area contributed by atoms with Crippen LogP contribution in [0.5, 0.6) is 5.75 Å². The first-order valence-electron chi connectivity index (χ1n) is 10.8. The summed E-state index contributed by atoms with van der Waals surface area (Å²) in [7, 11) is 0. The third-order valence-corrected chi connectivity index (χ3v) is 6.65. The zero-order valence-electron chi connectivity index (χ0n) is 18.0. The molecule has 1 aliphatic rings. The smallest absolute Gasteiger partial charge is 0.261 e. The number of halogens is 3. The Kier molecular flexibility index (Phi) is 9.09. The van der Waals surface area contributed by atoms with Gasteiger partial charge in [0.2, 0.25) is 5.91 Å². The van der Waals surface area contributed by atoms with E-state index in [1.165, 1.54) is 11.3 Å². The molecule has 2 aromatic rings. The summed E-state index contributed by atoms with van der Waals surface area (Å²) in [5, 5.41) is 4.55. The molecule has 2 amide bonds. The number of nitrogens with zero attached hydrogens (tertiary/aromatic N) is 1. The third-order valence-electron chi connectivity index (χ3n) is 5.68. The van der Waals surface area contributed by atoms with Gasteiger partial charge in [0.25, 0.3) is 5.91 Å². The lowest BCUT2D eigenvalue weighted by Crippen LogP contribution is -2.51. The maximum atomic E-state index is 13.2. The molecule has 0 bridgehead atoms. The Labute approximate surface area is 204 Å².